The minimum Gasteiger partial charge on any atom is -0.332 e. The number of hydrogen-bond acceptors (Lipinski definition) is 3. The third-order valence-corrected chi connectivity index (χ3v) is 4.57. The number of piperazine rings is 1. The first-order valence-electron chi connectivity index (χ1n) is 6.83. The molecule has 2 aliphatic rings. The summed E-state index contributed by atoms with van der Waals surface area (Å²) in [6, 6.07) is 6.31. The van der Waals surface area contributed by atoms with Crippen LogP contribution in [0, 0.1) is 0 Å². The summed E-state index contributed by atoms with van der Waals surface area (Å²) >= 11 is 3.32. The van der Waals surface area contributed by atoms with Gasteiger partial charge in [0.2, 0.25) is 0 Å². The summed E-state index contributed by atoms with van der Waals surface area (Å²) in [5, 5.41) is 0. The second kappa shape index (κ2) is 5.21. The molecule has 19 heavy (non-hydrogen) atoms. The van der Waals surface area contributed by atoms with Crippen LogP contribution in [0.3, 0.4) is 0 Å². The number of carbonyl (C=O) groups excluding carboxylic acids is 1. The molecule has 0 aromatic carbocycles. The highest BCUT2D eigenvalue weighted by Gasteiger charge is 2.36. The van der Waals surface area contributed by atoms with Gasteiger partial charge in [-0.1, -0.05) is 6.07 Å². The van der Waals surface area contributed by atoms with Crippen LogP contribution in [0.5, 0.6) is 0 Å². The van der Waals surface area contributed by atoms with Gasteiger partial charge in [-0.25, -0.2) is 4.98 Å². The fraction of sp³-hybridized carbons (Fsp3) is 0.571. The number of fused-ring (bicyclic) bond motifs is 1. The molecule has 1 aromatic heterocycles. The smallest absolute Gasteiger partial charge is 0.272 e. The van der Waals surface area contributed by atoms with Gasteiger partial charge in [0, 0.05) is 25.2 Å². The van der Waals surface area contributed by atoms with Crippen molar-refractivity contribution in [3.8, 4) is 0 Å². The van der Waals surface area contributed by atoms with Crippen molar-refractivity contribution in [3.63, 3.8) is 0 Å². The number of aromatic nitrogens is 1. The van der Waals surface area contributed by atoms with Crippen molar-refractivity contribution in [2.24, 2.45) is 0 Å². The van der Waals surface area contributed by atoms with Crippen molar-refractivity contribution in [1.82, 2.24) is 14.8 Å². The predicted octanol–water partition coefficient (Wildman–Crippen LogP) is 2.15. The lowest BCUT2D eigenvalue weighted by molar-refractivity contribution is 0.0390. The Morgan fingerprint density at radius 3 is 3.05 bits per heavy atom. The van der Waals surface area contributed by atoms with Crippen LogP contribution in [0.4, 0.5) is 0 Å². The van der Waals surface area contributed by atoms with Crippen LogP contribution in [-0.2, 0) is 0 Å². The predicted molar refractivity (Wildman–Crippen MR) is 77.0 cm³/mol. The van der Waals surface area contributed by atoms with Crippen molar-refractivity contribution < 1.29 is 4.79 Å². The van der Waals surface area contributed by atoms with Crippen LogP contribution >= 0.6 is 15.9 Å². The van der Waals surface area contributed by atoms with Crippen LogP contribution in [0.1, 0.15) is 30.3 Å². The molecule has 3 heterocycles. The lowest BCUT2D eigenvalue weighted by Gasteiger charge is -2.42. The van der Waals surface area contributed by atoms with Crippen LogP contribution < -0.4 is 0 Å². The van der Waals surface area contributed by atoms with Crippen LogP contribution in [0.25, 0.3) is 0 Å². The van der Waals surface area contributed by atoms with E-state index in [2.05, 4.69) is 32.7 Å². The fourth-order valence-electron chi connectivity index (χ4n) is 3.14. The molecule has 0 N–H and O–H groups in total. The average Bonchev–Trinajstić information content (AvgIpc) is 2.84. The summed E-state index contributed by atoms with van der Waals surface area (Å²) in [4.78, 5) is 21.4. The van der Waals surface area contributed by atoms with Crippen LogP contribution in [-0.4, -0.2) is 52.4 Å². The topological polar surface area (TPSA) is 36.4 Å². The molecule has 1 aromatic rings. The highest BCUT2D eigenvalue weighted by molar-refractivity contribution is 9.10. The standard InChI is InChI=1S/C14H18BrN3O/c1-10-8-17-7-3-4-11(17)9-18(10)14(19)12-5-2-6-13(15)16-12/h2,5-6,10-11H,3-4,7-9H2,1H3. The van der Waals surface area contributed by atoms with Gasteiger partial charge in [0.1, 0.15) is 10.3 Å². The molecular weight excluding hydrogens is 306 g/mol. The van der Waals surface area contributed by atoms with E-state index in [1.54, 1.807) is 6.07 Å². The Morgan fingerprint density at radius 2 is 2.26 bits per heavy atom. The Morgan fingerprint density at radius 1 is 1.42 bits per heavy atom. The quantitative estimate of drug-likeness (QED) is 0.743. The van der Waals surface area contributed by atoms with E-state index in [4.69, 9.17) is 0 Å². The molecule has 5 heteroatoms. The Labute approximate surface area is 121 Å². The molecule has 2 atom stereocenters. The Kier molecular flexibility index (Phi) is 3.58. The van der Waals surface area contributed by atoms with E-state index in [0.717, 1.165) is 13.1 Å². The van der Waals surface area contributed by atoms with Crippen molar-refractivity contribution >= 4 is 21.8 Å². The molecule has 0 spiro atoms. The lowest BCUT2D eigenvalue weighted by atomic mass is 10.1. The van der Waals surface area contributed by atoms with Gasteiger partial charge in [0.05, 0.1) is 0 Å². The third-order valence-electron chi connectivity index (χ3n) is 4.13. The zero-order valence-electron chi connectivity index (χ0n) is 11.1. The minimum atomic E-state index is 0.0559. The van der Waals surface area contributed by atoms with Crippen molar-refractivity contribution in [1.29, 1.82) is 0 Å². The van der Waals surface area contributed by atoms with E-state index in [-0.39, 0.29) is 11.9 Å². The van der Waals surface area contributed by atoms with Gasteiger partial charge in [-0.05, 0) is 54.4 Å². The molecule has 1 amide bonds. The monoisotopic (exact) mass is 323 g/mol. The Hall–Kier alpha value is -0.940. The second-order valence-corrected chi connectivity index (χ2v) is 6.26. The molecule has 2 fully saturated rings. The SMILES string of the molecule is CC1CN2CCCC2CN1C(=O)c1cccc(Br)n1. The third kappa shape index (κ3) is 2.54. The lowest BCUT2D eigenvalue weighted by Crippen LogP contribution is -2.56. The highest BCUT2D eigenvalue weighted by Crippen LogP contribution is 2.25. The largest absolute Gasteiger partial charge is 0.332 e. The van der Waals surface area contributed by atoms with Gasteiger partial charge >= 0.3 is 0 Å². The molecule has 102 valence electrons. The highest BCUT2D eigenvalue weighted by atomic mass is 79.9. The first-order valence-corrected chi connectivity index (χ1v) is 7.62. The van der Waals surface area contributed by atoms with E-state index >= 15 is 0 Å². The molecule has 2 unspecified atom stereocenters. The maximum absolute atomic E-state index is 12.6. The number of nitrogens with zero attached hydrogens (tertiary/aromatic N) is 3. The van der Waals surface area contributed by atoms with Crippen molar-refractivity contribution in [3.05, 3.63) is 28.5 Å². The van der Waals surface area contributed by atoms with Gasteiger partial charge in [-0.2, -0.15) is 0 Å². The van der Waals surface area contributed by atoms with Gasteiger partial charge < -0.3 is 4.90 Å². The summed E-state index contributed by atoms with van der Waals surface area (Å²) in [7, 11) is 0. The first kappa shape index (κ1) is 13.1. The van der Waals surface area contributed by atoms with Crippen LogP contribution in [0.2, 0.25) is 0 Å². The van der Waals surface area contributed by atoms with E-state index in [9.17, 15) is 4.79 Å². The van der Waals surface area contributed by atoms with Gasteiger partial charge in [-0.15, -0.1) is 0 Å². The number of halogens is 1. The normalized spacial score (nSPS) is 27.4. The van der Waals surface area contributed by atoms with E-state index in [1.807, 2.05) is 17.0 Å². The zero-order chi connectivity index (χ0) is 13.4. The number of carbonyl (C=O) groups is 1. The fourth-order valence-corrected chi connectivity index (χ4v) is 3.49. The Bertz CT molecular complexity index is 493. The first-order chi connectivity index (χ1) is 9.15. The summed E-state index contributed by atoms with van der Waals surface area (Å²) in [6.45, 7) is 5.15. The zero-order valence-corrected chi connectivity index (χ0v) is 12.6. The van der Waals surface area contributed by atoms with E-state index < -0.39 is 0 Å². The minimum absolute atomic E-state index is 0.0559. The average molecular weight is 324 g/mol. The summed E-state index contributed by atoms with van der Waals surface area (Å²) in [6.07, 6.45) is 2.47. The molecule has 2 aliphatic heterocycles. The van der Waals surface area contributed by atoms with E-state index in [0.29, 0.717) is 16.3 Å². The number of hydrogen-bond donors (Lipinski definition) is 0. The van der Waals surface area contributed by atoms with Gasteiger partial charge in [0.15, 0.2) is 0 Å². The summed E-state index contributed by atoms with van der Waals surface area (Å²) < 4.78 is 0.713. The van der Waals surface area contributed by atoms with E-state index in [1.165, 1.54) is 19.4 Å². The Balaban J connectivity index is 1.79. The van der Waals surface area contributed by atoms with Gasteiger partial charge in [0.25, 0.3) is 5.91 Å². The molecule has 0 bridgehead atoms. The molecule has 0 radical (unpaired) electrons. The molecule has 0 saturated carbocycles. The second-order valence-electron chi connectivity index (χ2n) is 5.44. The molecule has 3 rings (SSSR count). The number of amides is 1. The summed E-state index contributed by atoms with van der Waals surface area (Å²) in [5.41, 5.74) is 0.535. The molecule has 0 aliphatic carbocycles. The molecular formula is C14H18BrN3O. The maximum atomic E-state index is 12.6. The van der Waals surface area contributed by atoms with Crippen molar-refractivity contribution in [2.45, 2.75) is 31.8 Å². The molecule has 4 nitrogen and oxygen atoms in total. The number of pyridine rings is 1. The molecule has 2 saturated heterocycles. The summed E-state index contributed by atoms with van der Waals surface area (Å²) in [5.74, 6) is 0.0559. The van der Waals surface area contributed by atoms with Crippen LogP contribution in [0.15, 0.2) is 22.8 Å². The maximum Gasteiger partial charge on any atom is 0.272 e. The number of rotatable bonds is 1. The van der Waals surface area contributed by atoms with Gasteiger partial charge in [-0.3, -0.25) is 9.69 Å². The van der Waals surface area contributed by atoms with Crippen molar-refractivity contribution in [2.75, 3.05) is 19.6 Å².